The van der Waals surface area contributed by atoms with Crippen LogP contribution in [-0.2, 0) is 0 Å². The molecule has 110 valence electrons. The Balaban J connectivity index is 2.06. The normalized spacial score (nSPS) is 22.8. The van der Waals surface area contributed by atoms with Crippen molar-refractivity contribution in [1.29, 1.82) is 0 Å². The van der Waals surface area contributed by atoms with E-state index < -0.39 is 10.7 Å². The van der Waals surface area contributed by atoms with E-state index in [1.165, 1.54) is 18.2 Å². The lowest BCUT2D eigenvalue weighted by Crippen LogP contribution is -2.28. The third-order valence-electron chi connectivity index (χ3n) is 4.25. The van der Waals surface area contributed by atoms with Crippen LogP contribution in [0.1, 0.15) is 39.5 Å². The molecule has 0 spiro atoms. The summed E-state index contributed by atoms with van der Waals surface area (Å²) in [5.74, 6) is 0.826. The van der Waals surface area contributed by atoms with Crippen LogP contribution >= 0.6 is 0 Å². The van der Waals surface area contributed by atoms with Gasteiger partial charge in [0.1, 0.15) is 5.69 Å². The molecule has 1 aromatic carbocycles. The highest BCUT2D eigenvalue weighted by atomic mass is 19.1. The minimum absolute atomic E-state index is 0.0329. The van der Waals surface area contributed by atoms with Crippen molar-refractivity contribution in [2.75, 3.05) is 5.32 Å². The molecule has 20 heavy (non-hydrogen) atoms. The molecule has 0 amide bonds. The quantitative estimate of drug-likeness (QED) is 0.658. The van der Waals surface area contributed by atoms with Gasteiger partial charge in [-0.05, 0) is 43.6 Å². The highest BCUT2D eigenvalue weighted by molar-refractivity contribution is 5.62. The monoisotopic (exact) mass is 280 g/mol. The molecule has 1 N–H and O–H groups in total. The summed E-state index contributed by atoms with van der Waals surface area (Å²) in [5.41, 5.74) is -0.151. The van der Waals surface area contributed by atoms with Gasteiger partial charge in [0.15, 0.2) is 5.82 Å². The van der Waals surface area contributed by atoms with Crippen LogP contribution < -0.4 is 5.32 Å². The maximum atomic E-state index is 13.8. The van der Waals surface area contributed by atoms with Crippen molar-refractivity contribution in [3.05, 3.63) is 34.1 Å². The Labute approximate surface area is 118 Å². The van der Waals surface area contributed by atoms with E-state index in [2.05, 4.69) is 19.2 Å². The van der Waals surface area contributed by atoms with Gasteiger partial charge in [-0.1, -0.05) is 19.9 Å². The van der Waals surface area contributed by atoms with Crippen LogP contribution in [0, 0.1) is 27.8 Å². The maximum absolute atomic E-state index is 13.8. The van der Waals surface area contributed by atoms with Gasteiger partial charge in [0.2, 0.25) is 0 Å². The summed E-state index contributed by atoms with van der Waals surface area (Å²) in [7, 11) is 0. The van der Waals surface area contributed by atoms with Crippen LogP contribution in [-0.4, -0.2) is 11.0 Å². The standard InChI is InChI=1S/C15H21FN2O2/c1-10(2)11-6-8-12(9-7-11)17-15-13(16)4-3-5-14(15)18(19)20/h3-5,10-12,17H,6-9H2,1-2H3. The van der Waals surface area contributed by atoms with Crippen LogP contribution in [0.4, 0.5) is 15.8 Å². The Morgan fingerprint density at radius 3 is 2.50 bits per heavy atom. The van der Waals surface area contributed by atoms with E-state index >= 15 is 0 Å². The molecule has 0 bridgehead atoms. The lowest BCUT2D eigenvalue weighted by Gasteiger charge is -2.31. The molecule has 0 aromatic heterocycles. The second-order valence-corrected chi connectivity index (χ2v) is 5.89. The molecule has 0 aliphatic heterocycles. The molecule has 1 saturated carbocycles. The van der Waals surface area contributed by atoms with E-state index in [1.807, 2.05) is 0 Å². The smallest absolute Gasteiger partial charge is 0.295 e. The first kappa shape index (κ1) is 14.8. The Hall–Kier alpha value is -1.65. The van der Waals surface area contributed by atoms with Crippen molar-refractivity contribution < 1.29 is 9.31 Å². The first-order chi connectivity index (χ1) is 9.49. The first-order valence-corrected chi connectivity index (χ1v) is 7.18. The van der Waals surface area contributed by atoms with Gasteiger partial charge < -0.3 is 5.32 Å². The molecular weight excluding hydrogens is 259 g/mol. The Morgan fingerprint density at radius 2 is 1.95 bits per heavy atom. The molecule has 1 aliphatic carbocycles. The lowest BCUT2D eigenvalue weighted by atomic mass is 9.79. The van der Waals surface area contributed by atoms with Crippen LogP contribution in [0.25, 0.3) is 0 Å². The number of halogens is 1. The minimum Gasteiger partial charge on any atom is -0.374 e. The van der Waals surface area contributed by atoms with Crippen molar-refractivity contribution >= 4 is 11.4 Å². The van der Waals surface area contributed by atoms with E-state index in [9.17, 15) is 14.5 Å². The number of anilines is 1. The molecule has 1 fully saturated rings. The van der Waals surface area contributed by atoms with Gasteiger partial charge in [-0.15, -0.1) is 0 Å². The minimum atomic E-state index is -0.551. The molecule has 4 nitrogen and oxygen atoms in total. The van der Waals surface area contributed by atoms with Crippen molar-refractivity contribution in [1.82, 2.24) is 0 Å². The van der Waals surface area contributed by atoms with Gasteiger partial charge in [-0.2, -0.15) is 0 Å². The van der Waals surface area contributed by atoms with E-state index in [0.29, 0.717) is 11.8 Å². The summed E-state index contributed by atoms with van der Waals surface area (Å²) in [6.07, 6.45) is 4.07. The summed E-state index contributed by atoms with van der Waals surface area (Å²) < 4.78 is 13.8. The number of nitro groups is 1. The predicted molar refractivity (Wildman–Crippen MR) is 77.3 cm³/mol. The maximum Gasteiger partial charge on any atom is 0.295 e. The predicted octanol–water partition coefficient (Wildman–Crippen LogP) is 4.36. The van der Waals surface area contributed by atoms with Crippen molar-refractivity contribution in [3.63, 3.8) is 0 Å². The number of nitrogens with zero attached hydrogens (tertiary/aromatic N) is 1. The van der Waals surface area contributed by atoms with E-state index in [4.69, 9.17) is 0 Å². The van der Waals surface area contributed by atoms with Gasteiger partial charge in [-0.3, -0.25) is 10.1 Å². The molecule has 1 aliphatic rings. The lowest BCUT2D eigenvalue weighted by molar-refractivity contribution is -0.384. The van der Waals surface area contributed by atoms with Gasteiger partial charge in [0.05, 0.1) is 4.92 Å². The molecule has 0 heterocycles. The highest BCUT2D eigenvalue weighted by Crippen LogP contribution is 2.34. The second-order valence-electron chi connectivity index (χ2n) is 5.89. The molecule has 0 radical (unpaired) electrons. The summed E-state index contributed by atoms with van der Waals surface area (Å²) >= 11 is 0. The van der Waals surface area contributed by atoms with Crippen LogP contribution in [0.5, 0.6) is 0 Å². The molecule has 0 unspecified atom stereocenters. The van der Waals surface area contributed by atoms with Crippen molar-refractivity contribution in [3.8, 4) is 0 Å². The third kappa shape index (κ3) is 3.26. The van der Waals surface area contributed by atoms with E-state index in [0.717, 1.165) is 25.7 Å². The number of para-hydroxylation sites is 1. The Kier molecular flexibility index (Phi) is 4.57. The Morgan fingerprint density at radius 1 is 1.30 bits per heavy atom. The molecule has 1 aromatic rings. The summed E-state index contributed by atoms with van der Waals surface area (Å²) in [6.45, 7) is 4.44. The zero-order chi connectivity index (χ0) is 14.7. The SMILES string of the molecule is CC(C)C1CCC(Nc2c(F)cccc2[N+](=O)[O-])CC1. The highest BCUT2D eigenvalue weighted by Gasteiger charge is 2.26. The molecule has 2 rings (SSSR count). The fraction of sp³-hybridized carbons (Fsp3) is 0.600. The van der Waals surface area contributed by atoms with Crippen molar-refractivity contribution in [2.45, 2.75) is 45.6 Å². The number of hydrogen-bond acceptors (Lipinski definition) is 3. The van der Waals surface area contributed by atoms with Crippen LogP contribution in [0.2, 0.25) is 0 Å². The number of nitrogens with one attached hydrogen (secondary N) is 1. The number of rotatable bonds is 4. The fourth-order valence-electron chi connectivity index (χ4n) is 2.94. The Bertz CT molecular complexity index is 483. The average molecular weight is 280 g/mol. The zero-order valence-corrected chi connectivity index (χ0v) is 11.9. The number of hydrogen-bond donors (Lipinski definition) is 1. The third-order valence-corrected chi connectivity index (χ3v) is 4.25. The van der Waals surface area contributed by atoms with Gasteiger partial charge in [-0.25, -0.2) is 4.39 Å². The zero-order valence-electron chi connectivity index (χ0n) is 11.9. The number of nitro benzene ring substituents is 1. The van der Waals surface area contributed by atoms with E-state index in [1.54, 1.807) is 0 Å². The summed E-state index contributed by atoms with van der Waals surface area (Å²) in [6, 6.07) is 4.09. The molecule has 0 atom stereocenters. The molecule has 5 heteroatoms. The summed E-state index contributed by atoms with van der Waals surface area (Å²) in [4.78, 5) is 10.4. The van der Waals surface area contributed by atoms with Gasteiger partial charge in [0.25, 0.3) is 5.69 Å². The molecule has 0 saturated heterocycles. The number of benzene rings is 1. The van der Waals surface area contributed by atoms with Crippen LogP contribution in [0.3, 0.4) is 0 Å². The van der Waals surface area contributed by atoms with Crippen LogP contribution in [0.15, 0.2) is 18.2 Å². The van der Waals surface area contributed by atoms with Gasteiger partial charge >= 0.3 is 0 Å². The first-order valence-electron chi connectivity index (χ1n) is 7.18. The van der Waals surface area contributed by atoms with E-state index in [-0.39, 0.29) is 17.4 Å². The van der Waals surface area contributed by atoms with Crippen molar-refractivity contribution in [2.24, 2.45) is 11.8 Å². The largest absolute Gasteiger partial charge is 0.374 e. The molecular formula is C15H21FN2O2. The topological polar surface area (TPSA) is 55.2 Å². The summed E-state index contributed by atoms with van der Waals surface area (Å²) in [5, 5.41) is 14.0. The second kappa shape index (κ2) is 6.20. The van der Waals surface area contributed by atoms with Gasteiger partial charge in [0, 0.05) is 12.1 Å². The average Bonchev–Trinajstić information content (AvgIpc) is 2.41. The fourth-order valence-corrected chi connectivity index (χ4v) is 2.94.